The molecule has 30 heavy (non-hydrogen) atoms. The van der Waals surface area contributed by atoms with Gasteiger partial charge in [0.2, 0.25) is 12.6 Å². The molecule has 0 bridgehead atoms. The summed E-state index contributed by atoms with van der Waals surface area (Å²) in [5, 5.41) is 0. The van der Waals surface area contributed by atoms with E-state index in [9.17, 15) is 4.79 Å². The van der Waals surface area contributed by atoms with Crippen molar-refractivity contribution in [3.8, 4) is 23.0 Å². The number of carbonyl (C=O) groups excluding carboxylic acids is 1. The van der Waals surface area contributed by atoms with E-state index in [0.717, 1.165) is 23.4 Å². The van der Waals surface area contributed by atoms with E-state index in [-0.39, 0.29) is 12.6 Å². The fourth-order valence-corrected chi connectivity index (χ4v) is 4.81. The highest BCUT2D eigenvalue weighted by Gasteiger charge is 2.35. The smallest absolute Gasteiger partial charge is 0.231 e. The molecule has 1 fully saturated rings. The van der Waals surface area contributed by atoms with Crippen molar-refractivity contribution in [1.29, 1.82) is 0 Å². The summed E-state index contributed by atoms with van der Waals surface area (Å²) >= 11 is 0. The average Bonchev–Trinajstić information content (AvgIpc) is 3.38. The number of fused-ring (bicyclic) bond motifs is 4. The minimum Gasteiger partial charge on any atom is -0.478 e. The van der Waals surface area contributed by atoms with Crippen molar-refractivity contribution >= 4 is 11.9 Å². The monoisotopic (exact) mass is 405 g/mol. The summed E-state index contributed by atoms with van der Waals surface area (Å²) in [5.74, 6) is 3.09. The number of allylic oxidation sites excluding steroid dienone is 1. The predicted molar refractivity (Wildman–Crippen MR) is 110 cm³/mol. The van der Waals surface area contributed by atoms with Crippen molar-refractivity contribution in [3.05, 3.63) is 52.8 Å². The standard InChI is InChI=1S/C24H23NO5/c26-23-17-7-9-19-18(12-25(13-27-19)16-4-2-1-3-5-16)24(17)30-22(23)11-15-6-8-20-21(10-15)29-14-28-20/h6-11,16H,1-5,12-14H2. The van der Waals surface area contributed by atoms with Crippen molar-refractivity contribution in [2.24, 2.45) is 0 Å². The van der Waals surface area contributed by atoms with Crippen LogP contribution in [0.2, 0.25) is 0 Å². The van der Waals surface area contributed by atoms with Crippen molar-refractivity contribution < 1.29 is 23.7 Å². The highest BCUT2D eigenvalue weighted by atomic mass is 16.7. The topological polar surface area (TPSA) is 57.2 Å². The lowest BCUT2D eigenvalue weighted by Crippen LogP contribution is -2.41. The molecule has 1 aliphatic carbocycles. The number of Topliss-reactive ketones (excluding diaryl/α,β-unsaturated/α-hetero) is 1. The third kappa shape index (κ3) is 2.94. The summed E-state index contributed by atoms with van der Waals surface area (Å²) in [6.45, 7) is 1.58. The zero-order valence-electron chi connectivity index (χ0n) is 16.7. The van der Waals surface area contributed by atoms with Gasteiger partial charge in [0, 0.05) is 12.6 Å². The summed E-state index contributed by atoms with van der Waals surface area (Å²) < 4.78 is 22.9. The van der Waals surface area contributed by atoms with Gasteiger partial charge in [0.1, 0.15) is 18.2 Å². The van der Waals surface area contributed by atoms with Crippen LogP contribution >= 0.6 is 0 Å². The Balaban J connectivity index is 1.30. The van der Waals surface area contributed by atoms with Gasteiger partial charge in [-0.25, -0.2) is 0 Å². The van der Waals surface area contributed by atoms with Gasteiger partial charge in [0.05, 0.1) is 11.1 Å². The average molecular weight is 405 g/mol. The molecule has 1 saturated carbocycles. The Hall–Kier alpha value is -2.99. The van der Waals surface area contributed by atoms with Crippen LogP contribution in [0.1, 0.15) is 53.6 Å². The van der Waals surface area contributed by atoms with Gasteiger partial charge in [-0.2, -0.15) is 0 Å². The molecule has 4 aliphatic rings. The number of carbonyl (C=O) groups is 1. The number of nitrogens with zero attached hydrogens (tertiary/aromatic N) is 1. The maximum Gasteiger partial charge on any atom is 0.231 e. The van der Waals surface area contributed by atoms with E-state index in [1.807, 2.05) is 30.3 Å². The molecular formula is C24H23NO5. The Morgan fingerprint density at radius 1 is 0.933 bits per heavy atom. The molecule has 0 unspecified atom stereocenters. The van der Waals surface area contributed by atoms with E-state index in [1.54, 1.807) is 6.08 Å². The first-order valence-electron chi connectivity index (χ1n) is 10.6. The highest BCUT2D eigenvalue weighted by molar-refractivity contribution is 6.15. The van der Waals surface area contributed by atoms with Gasteiger partial charge in [-0.3, -0.25) is 9.69 Å². The van der Waals surface area contributed by atoms with Gasteiger partial charge in [-0.15, -0.1) is 0 Å². The molecule has 0 saturated heterocycles. The fraction of sp³-hybridized carbons (Fsp3) is 0.375. The number of ether oxygens (including phenoxy) is 4. The first-order chi connectivity index (χ1) is 14.8. The van der Waals surface area contributed by atoms with E-state index < -0.39 is 0 Å². The molecule has 0 radical (unpaired) electrons. The fourth-order valence-electron chi connectivity index (χ4n) is 4.81. The van der Waals surface area contributed by atoms with Crippen LogP contribution in [0.25, 0.3) is 6.08 Å². The molecule has 6 rings (SSSR count). The molecule has 2 aromatic carbocycles. The normalized spacial score (nSPS) is 21.9. The first-order valence-corrected chi connectivity index (χ1v) is 10.6. The molecule has 0 aromatic heterocycles. The van der Waals surface area contributed by atoms with Crippen molar-refractivity contribution in [2.45, 2.75) is 44.7 Å². The van der Waals surface area contributed by atoms with Crippen molar-refractivity contribution in [3.63, 3.8) is 0 Å². The maximum absolute atomic E-state index is 13.0. The van der Waals surface area contributed by atoms with Crippen LogP contribution in [0.4, 0.5) is 0 Å². The summed E-state index contributed by atoms with van der Waals surface area (Å²) in [6, 6.07) is 9.86. The molecule has 0 amide bonds. The zero-order chi connectivity index (χ0) is 20.1. The van der Waals surface area contributed by atoms with E-state index in [1.165, 1.54) is 32.1 Å². The van der Waals surface area contributed by atoms with E-state index in [0.29, 0.717) is 41.3 Å². The van der Waals surface area contributed by atoms with Crippen LogP contribution in [0, 0.1) is 0 Å². The number of ketones is 1. The molecule has 0 spiro atoms. The Labute approximate surface area is 175 Å². The number of hydrogen-bond acceptors (Lipinski definition) is 6. The number of benzene rings is 2. The SMILES string of the molecule is O=C1C(=Cc2ccc3c(c2)OCO3)Oc2c1ccc1c2CN(C2CCCCC2)CO1. The third-order valence-electron chi connectivity index (χ3n) is 6.43. The van der Waals surface area contributed by atoms with Crippen LogP contribution in [0.5, 0.6) is 23.0 Å². The van der Waals surface area contributed by atoms with Gasteiger partial charge in [-0.1, -0.05) is 25.3 Å². The van der Waals surface area contributed by atoms with E-state index in [4.69, 9.17) is 18.9 Å². The van der Waals surface area contributed by atoms with Crippen LogP contribution in [0.3, 0.4) is 0 Å². The Kier molecular flexibility index (Phi) is 4.20. The minimum absolute atomic E-state index is 0.0970. The Morgan fingerprint density at radius 2 is 1.77 bits per heavy atom. The Morgan fingerprint density at radius 3 is 2.67 bits per heavy atom. The quantitative estimate of drug-likeness (QED) is 0.685. The van der Waals surface area contributed by atoms with E-state index >= 15 is 0 Å². The molecule has 3 heterocycles. The van der Waals surface area contributed by atoms with Crippen molar-refractivity contribution in [2.75, 3.05) is 13.5 Å². The van der Waals surface area contributed by atoms with Gasteiger partial charge < -0.3 is 18.9 Å². The number of hydrogen-bond donors (Lipinski definition) is 0. The van der Waals surface area contributed by atoms with Crippen molar-refractivity contribution in [1.82, 2.24) is 4.90 Å². The van der Waals surface area contributed by atoms with Gasteiger partial charge in [0.25, 0.3) is 0 Å². The van der Waals surface area contributed by atoms with Gasteiger partial charge >= 0.3 is 0 Å². The molecule has 154 valence electrons. The zero-order valence-corrected chi connectivity index (χ0v) is 16.7. The van der Waals surface area contributed by atoms with E-state index in [2.05, 4.69) is 4.90 Å². The molecule has 6 nitrogen and oxygen atoms in total. The predicted octanol–water partition coefficient (Wildman–Crippen LogP) is 4.52. The van der Waals surface area contributed by atoms with Crippen LogP contribution in [-0.4, -0.2) is 30.2 Å². The van der Waals surface area contributed by atoms with Gasteiger partial charge in [-0.05, 0) is 48.7 Å². The summed E-state index contributed by atoms with van der Waals surface area (Å²) in [4.78, 5) is 15.4. The second-order valence-corrected chi connectivity index (χ2v) is 8.28. The lowest BCUT2D eigenvalue weighted by atomic mass is 9.93. The first kappa shape index (κ1) is 17.8. The third-order valence-corrected chi connectivity index (χ3v) is 6.43. The van der Waals surface area contributed by atoms with Crippen LogP contribution < -0.4 is 18.9 Å². The summed E-state index contributed by atoms with van der Waals surface area (Å²) in [5.41, 5.74) is 2.42. The van der Waals surface area contributed by atoms with Crippen LogP contribution in [0.15, 0.2) is 36.1 Å². The lowest BCUT2D eigenvalue weighted by molar-refractivity contribution is 0.0394. The molecule has 0 atom stereocenters. The lowest BCUT2D eigenvalue weighted by Gasteiger charge is -2.37. The molecule has 3 aliphatic heterocycles. The second-order valence-electron chi connectivity index (χ2n) is 8.28. The second kappa shape index (κ2) is 7.06. The minimum atomic E-state index is -0.0970. The molecular weight excluding hydrogens is 382 g/mol. The van der Waals surface area contributed by atoms with Gasteiger partial charge in [0.15, 0.2) is 17.3 Å². The molecule has 2 aromatic rings. The molecule has 0 N–H and O–H groups in total. The van der Waals surface area contributed by atoms with Crippen LogP contribution in [-0.2, 0) is 6.54 Å². The summed E-state index contributed by atoms with van der Waals surface area (Å²) in [6.07, 6.45) is 8.06. The molecule has 6 heteroatoms. The highest BCUT2D eigenvalue weighted by Crippen LogP contribution is 2.43. The number of rotatable bonds is 2. The maximum atomic E-state index is 13.0. The largest absolute Gasteiger partial charge is 0.478 e. The Bertz CT molecular complexity index is 1050. The summed E-state index contributed by atoms with van der Waals surface area (Å²) in [7, 11) is 0.